The molecule has 2 amide bonds. The van der Waals surface area contributed by atoms with Crippen molar-refractivity contribution in [2.45, 2.75) is 13.5 Å². The van der Waals surface area contributed by atoms with Crippen molar-refractivity contribution in [1.82, 2.24) is 9.88 Å². The maximum absolute atomic E-state index is 12.2. The number of likely N-dealkylation sites (N-methyl/N-ethyl adjacent to an activating group) is 1. The van der Waals surface area contributed by atoms with Gasteiger partial charge in [0.25, 0.3) is 0 Å². The highest BCUT2D eigenvalue weighted by molar-refractivity contribution is 6.39. The lowest BCUT2D eigenvalue weighted by molar-refractivity contribution is -0.142. The topological polar surface area (TPSA) is 80.8 Å². The van der Waals surface area contributed by atoms with Gasteiger partial charge in [0.2, 0.25) is 5.88 Å². The Kier molecular flexibility index (Phi) is 5.94. The summed E-state index contributed by atoms with van der Waals surface area (Å²) >= 11 is 0. The predicted molar refractivity (Wildman–Crippen MR) is 93.6 cm³/mol. The van der Waals surface area contributed by atoms with Gasteiger partial charge in [-0.15, -0.1) is 0 Å². The molecule has 132 valence electrons. The number of benzene rings is 1. The van der Waals surface area contributed by atoms with Gasteiger partial charge in [-0.25, -0.2) is 4.98 Å². The molecule has 0 aliphatic rings. The average Bonchev–Trinajstić information content (AvgIpc) is 2.61. The van der Waals surface area contributed by atoms with E-state index in [2.05, 4.69) is 10.3 Å². The molecule has 0 fully saturated rings. The second-order valence-electron chi connectivity index (χ2n) is 5.51. The van der Waals surface area contributed by atoms with E-state index in [1.807, 2.05) is 25.1 Å². The molecule has 0 radical (unpaired) electrons. The highest BCUT2D eigenvalue weighted by Gasteiger charge is 2.19. The van der Waals surface area contributed by atoms with Crippen molar-refractivity contribution in [3.8, 4) is 11.6 Å². The summed E-state index contributed by atoms with van der Waals surface area (Å²) in [5, 5.41) is 2.52. The fraction of sp³-hybridized carbons (Fsp3) is 0.278. The van der Waals surface area contributed by atoms with Gasteiger partial charge >= 0.3 is 11.8 Å². The van der Waals surface area contributed by atoms with Crippen molar-refractivity contribution in [2.24, 2.45) is 0 Å². The van der Waals surface area contributed by atoms with Crippen LogP contribution in [-0.2, 0) is 16.1 Å². The van der Waals surface area contributed by atoms with Gasteiger partial charge in [0.1, 0.15) is 5.75 Å². The molecule has 7 heteroatoms. The molecular formula is C18H21N3O4. The first-order chi connectivity index (χ1) is 11.9. The summed E-state index contributed by atoms with van der Waals surface area (Å²) in [6.07, 6.45) is 1.43. The molecule has 0 atom stereocenters. The zero-order chi connectivity index (χ0) is 18.4. The van der Waals surface area contributed by atoms with E-state index in [-0.39, 0.29) is 0 Å². The summed E-state index contributed by atoms with van der Waals surface area (Å²) in [4.78, 5) is 29.6. The van der Waals surface area contributed by atoms with Gasteiger partial charge in [-0.2, -0.15) is 0 Å². The monoisotopic (exact) mass is 343 g/mol. The first-order valence-corrected chi connectivity index (χ1v) is 7.64. The van der Waals surface area contributed by atoms with Crippen LogP contribution in [0.2, 0.25) is 0 Å². The number of ether oxygens (including phenoxy) is 2. The third-order valence-electron chi connectivity index (χ3n) is 3.62. The molecule has 1 aromatic carbocycles. The van der Waals surface area contributed by atoms with Crippen LogP contribution < -0.4 is 14.8 Å². The second-order valence-corrected chi connectivity index (χ2v) is 5.51. The quantitative estimate of drug-likeness (QED) is 0.840. The van der Waals surface area contributed by atoms with Gasteiger partial charge in [-0.05, 0) is 30.2 Å². The molecule has 1 aromatic heterocycles. The Labute approximate surface area is 146 Å². The molecule has 7 nitrogen and oxygen atoms in total. The van der Waals surface area contributed by atoms with Gasteiger partial charge in [0.05, 0.1) is 26.1 Å². The zero-order valence-electron chi connectivity index (χ0n) is 14.7. The first kappa shape index (κ1) is 18.3. The molecule has 0 unspecified atom stereocenters. The van der Waals surface area contributed by atoms with Crippen LogP contribution in [0.15, 0.2) is 36.5 Å². The van der Waals surface area contributed by atoms with E-state index in [0.717, 1.165) is 16.9 Å². The molecular weight excluding hydrogens is 322 g/mol. The van der Waals surface area contributed by atoms with Crippen molar-refractivity contribution in [3.05, 3.63) is 47.7 Å². The normalized spacial score (nSPS) is 10.1. The maximum Gasteiger partial charge on any atom is 0.313 e. The van der Waals surface area contributed by atoms with Crippen LogP contribution in [0.1, 0.15) is 11.1 Å². The van der Waals surface area contributed by atoms with Crippen molar-refractivity contribution in [1.29, 1.82) is 0 Å². The second kappa shape index (κ2) is 8.14. The number of aryl methyl sites for hydroxylation is 1. The summed E-state index contributed by atoms with van der Waals surface area (Å²) in [5.41, 5.74) is 2.30. The molecule has 0 spiro atoms. The van der Waals surface area contributed by atoms with Crippen LogP contribution in [0.4, 0.5) is 5.69 Å². The minimum atomic E-state index is -0.722. The first-order valence-electron chi connectivity index (χ1n) is 7.64. The van der Waals surface area contributed by atoms with Gasteiger partial charge in [0, 0.05) is 19.7 Å². The SMILES string of the molecule is COc1ccc(NC(=O)C(=O)N(C)Cc2ccc(OC)c(C)c2)cn1. The lowest BCUT2D eigenvalue weighted by Crippen LogP contribution is -2.36. The van der Waals surface area contributed by atoms with Crippen LogP contribution in [0.3, 0.4) is 0 Å². The van der Waals surface area contributed by atoms with Crippen LogP contribution in [0, 0.1) is 6.92 Å². The fourth-order valence-electron chi connectivity index (χ4n) is 2.32. The number of rotatable bonds is 5. The summed E-state index contributed by atoms with van der Waals surface area (Å²) in [7, 11) is 4.68. The Balaban J connectivity index is 1.98. The van der Waals surface area contributed by atoms with Gasteiger partial charge < -0.3 is 19.7 Å². The number of nitrogens with zero attached hydrogens (tertiary/aromatic N) is 2. The van der Waals surface area contributed by atoms with Crippen molar-refractivity contribution in [3.63, 3.8) is 0 Å². The number of anilines is 1. The van der Waals surface area contributed by atoms with E-state index in [9.17, 15) is 9.59 Å². The summed E-state index contributed by atoms with van der Waals surface area (Å²) in [6.45, 7) is 2.24. The van der Waals surface area contributed by atoms with E-state index >= 15 is 0 Å². The standard InChI is InChI=1S/C18H21N3O4/c1-12-9-13(5-7-15(12)24-3)11-21(2)18(23)17(22)20-14-6-8-16(25-4)19-10-14/h5-10H,11H2,1-4H3,(H,20,22). The molecule has 0 aliphatic carbocycles. The molecule has 1 N–H and O–H groups in total. The Morgan fingerprint density at radius 3 is 2.48 bits per heavy atom. The Morgan fingerprint density at radius 1 is 1.16 bits per heavy atom. The third-order valence-corrected chi connectivity index (χ3v) is 3.62. The number of pyridine rings is 1. The summed E-state index contributed by atoms with van der Waals surface area (Å²) in [5.74, 6) is -0.150. The Hall–Kier alpha value is -3.09. The summed E-state index contributed by atoms with van der Waals surface area (Å²) in [6, 6.07) is 8.84. The van der Waals surface area contributed by atoms with Crippen LogP contribution in [-0.4, -0.2) is 43.0 Å². The minimum Gasteiger partial charge on any atom is -0.496 e. The van der Waals surface area contributed by atoms with E-state index in [0.29, 0.717) is 18.1 Å². The Bertz CT molecular complexity index is 759. The fourth-order valence-corrected chi connectivity index (χ4v) is 2.32. The zero-order valence-corrected chi connectivity index (χ0v) is 14.7. The van der Waals surface area contributed by atoms with Crippen molar-refractivity contribution < 1.29 is 19.1 Å². The van der Waals surface area contributed by atoms with Crippen molar-refractivity contribution >= 4 is 17.5 Å². The van der Waals surface area contributed by atoms with Gasteiger partial charge in [-0.3, -0.25) is 9.59 Å². The van der Waals surface area contributed by atoms with E-state index < -0.39 is 11.8 Å². The number of aromatic nitrogens is 1. The summed E-state index contributed by atoms with van der Waals surface area (Å²) < 4.78 is 10.2. The minimum absolute atomic E-state index is 0.317. The molecule has 0 aliphatic heterocycles. The van der Waals surface area contributed by atoms with Crippen LogP contribution in [0.25, 0.3) is 0 Å². The molecule has 0 saturated carbocycles. The maximum atomic E-state index is 12.2. The number of hydrogen-bond acceptors (Lipinski definition) is 5. The molecule has 25 heavy (non-hydrogen) atoms. The van der Waals surface area contributed by atoms with Gasteiger partial charge in [-0.1, -0.05) is 12.1 Å². The Morgan fingerprint density at radius 2 is 1.92 bits per heavy atom. The smallest absolute Gasteiger partial charge is 0.313 e. The molecule has 0 saturated heterocycles. The third kappa shape index (κ3) is 4.69. The molecule has 0 bridgehead atoms. The number of methoxy groups -OCH3 is 2. The van der Waals surface area contributed by atoms with Crippen LogP contribution in [0.5, 0.6) is 11.6 Å². The van der Waals surface area contributed by atoms with Gasteiger partial charge in [0.15, 0.2) is 0 Å². The largest absolute Gasteiger partial charge is 0.496 e. The van der Waals surface area contributed by atoms with Crippen molar-refractivity contribution in [2.75, 3.05) is 26.6 Å². The lowest BCUT2D eigenvalue weighted by atomic mass is 10.1. The van der Waals surface area contributed by atoms with E-state index in [1.165, 1.54) is 18.2 Å². The molecule has 2 rings (SSSR count). The number of nitrogens with one attached hydrogen (secondary N) is 1. The highest BCUT2D eigenvalue weighted by atomic mass is 16.5. The van der Waals surface area contributed by atoms with Crippen LogP contribution >= 0.6 is 0 Å². The van der Waals surface area contributed by atoms with E-state index in [4.69, 9.17) is 9.47 Å². The lowest BCUT2D eigenvalue weighted by Gasteiger charge is -2.17. The number of hydrogen-bond donors (Lipinski definition) is 1. The van der Waals surface area contributed by atoms with E-state index in [1.54, 1.807) is 26.3 Å². The molecule has 1 heterocycles. The number of amides is 2. The average molecular weight is 343 g/mol. The number of carbonyl (C=O) groups excluding carboxylic acids is 2. The predicted octanol–water partition coefficient (Wildman–Crippen LogP) is 2.00. The molecule has 2 aromatic rings. The number of carbonyl (C=O) groups is 2. The highest BCUT2D eigenvalue weighted by Crippen LogP contribution is 2.19.